The zero-order valence-electron chi connectivity index (χ0n) is 10.7. The van der Waals surface area contributed by atoms with Crippen LogP contribution < -0.4 is 4.74 Å². The van der Waals surface area contributed by atoms with Gasteiger partial charge in [0.05, 0.1) is 12.7 Å². The Morgan fingerprint density at radius 2 is 2.21 bits per heavy atom. The summed E-state index contributed by atoms with van der Waals surface area (Å²) >= 11 is 1.47. The van der Waals surface area contributed by atoms with Gasteiger partial charge in [0, 0.05) is 19.0 Å². The third-order valence-corrected chi connectivity index (χ3v) is 3.43. The van der Waals surface area contributed by atoms with E-state index in [-0.39, 0.29) is 11.7 Å². The molecule has 0 saturated carbocycles. The van der Waals surface area contributed by atoms with Crippen molar-refractivity contribution in [3.63, 3.8) is 0 Å². The summed E-state index contributed by atoms with van der Waals surface area (Å²) in [6.07, 6.45) is 0. The number of rotatable bonds is 4. The van der Waals surface area contributed by atoms with Crippen LogP contribution in [0.4, 0.5) is 4.39 Å². The summed E-state index contributed by atoms with van der Waals surface area (Å²) in [6.45, 7) is 0.357. The largest absolute Gasteiger partial charge is 0.494 e. The monoisotopic (exact) mass is 279 g/mol. The molecule has 2 rings (SSSR count). The highest BCUT2D eigenvalue weighted by molar-refractivity contribution is 7.08. The van der Waals surface area contributed by atoms with E-state index in [1.165, 1.54) is 24.5 Å². The standard InChI is InChI=1S/C14H14FNO2S/c1-16(14(17)11-5-6-19-9-11)8-10-3-4-13(18-2)12(15)7-10/h3-7,9H,8H2,1-2H3. The highest BCUT2D eigenvalue weighted by Gasteiger charge is 2.13. The van der Waals surface area contributed by atoms with Crippen LogP contribution in [0.15, 0.2) is 35.0 Å². The Labute approximate surface area is 115 Å². The van der Waals surface area contributed by atoms with Gasteiger partial charge >= 0.3 is 0 Å². The smallest absolute Gasteiger partial charge is 0.254 e. The minimum Gasteiger partial charge on any atom is -0.494 e. The van der Waals surface area contributed by atoms with Crippen molar-refractivity contribution < 1.29 is 13.9 Å². The fraction of sp³-hybridized carbons (Fsp3) is 0.214. The van der Waals surface area contributed by atoms with Gasteiger partial charge in [0.1, 0.15) is 0 Å². The first-order chi connectivity index (χ1) is 9.11. The second-order valence-electron chi connectivity index (χ2n) is 4.14. The third-order valence-electron chi connectivity index (χ3n) is 2.75. The minimum atomic E-state index is -0.420. The number of nitrogens with zero attached hydrogens (tertiary/aromatic N) is 1. The fourth-order valence-electron chi connectivity index (χ4n) is 1.76. The Kier molecular flexibility index (Phi) is 4.16. The number of ether oxygens (including phenoxy) is 1. The summed E-state index contributed by atoms with van der Waals surface area (Å²) in [6, 6.07) is 6.47. The lowest BCUT2D eigenvalue weighted by Crippen LogP contribution is -2.25. The highest BCUT2D eigenvalue weighted by atomic mass is 32.1. The molecule has 1 heterocycles. The molecule has 0 radical (unpaired) electrons. The molecule has 0 aliphatic rings. The van der Waals surface area contributed by atoms with Gasteiger partial charge in [0.15, 0.2) is 11.6 Å². The van der Waals surface area contributed by atoms with Crippen LogP contribution in [0.2, 0.25) is 0 Å². The molecular weight excluding hydrogens is 265 g/mol. The fourth-order valence-corrected chi connectivity index (χ4v) is 2.39. The molecule has 0 atom stereocenters. The number of hydrogen-bond acceptors (Lipinski definition) is 3. The Hall–Kier alpha value is -1.88. The van der Waals surface area contributed by atoms with Gasteiger partial charge in [-0.1, -0.05) is 6.07 Å². The lowest BCUT2D eigenvalue weighted by Gasteiger charge is -2.17. The Balaban J connectivity index is 2.08. The van der Waals surface area contributed by atoms with Crippen molar-refractivity contribution in [2.24, 2.45) is 0 Å². The number of hydrogen-bond donors (Lipinski definition) is 0. The van der Waals surface area contributed by atoms with Crippen molar-refractivity contribution in [2.45, 2.75) is 6.54 Å². The lowest BCUT2D eigenvalue weighted by atomic mass is 10.2. The zero-order valence-corrected chi connectivity index (χ0v) is 11.5. The first-order valence-corrected chi connectivity index (χ1v) is 6.66. The lowest BCUT2D eigenvalue weighted by molar-refractivity contribution is 0.0785. The second-order valence-corrected chi connectivity index (χ2v) is 4.92. The van der Waals surface area contributed by atoms with E-state index in [0.717, 1.165) is 5.56 Å². The van der Waals surface area contributed by atoms with Crippen molar-refractivity contribution in [3.8, 4) is 5.75 Å². The summed E-state index contributed by atoms with van der Waals surface area (Å²) < 4.78 is 18.4. The van der Waals surface area contributed by atoms with Gasteiger partial charge in [-0.25, -0.2) is 4.39 Å². The van der Waals surface area contributed by atoms with E-state index < -0.39 is 5.82 Å². The summed E-state index contributed by atoms with van der Waals surface area (Å²) in [5.41, 5.74) is 1.38. The maximum absolute atomic E-state index is 13.5. The van der Waals surface area contributed by atoms with Gasteiger partial charge in [-0.3, -0.25) is 4.79 Å². The number of thiophene rings is 1. The minimum absolute atomic E-state index is 0.0718. The number of carbonyl (C=O) groups is 1. The van der Waals surface area contributed by atoms with E-state index >= 15 is 0 Å². The van der Waals surface area contributed by atoms with E-state index in [1.54, 1.807) is 35.5 Å². The predicted octanol–water partition coefficient (Wildman–Crippen LogP) is 3.17. The summed E-state index contributed by atoms with van der Waals surface area (Å²) in [5, 5.41) is 3.65. The molecule has 0 unspecified atom stereocenters. The molecule has 0 N–H and O–H groups in total. The van der Waals surface area contributed by atoms with Crippen LogP contribution in [-0.2, 0) is 6.54 Å². The molecule has 0 bridgehead atoms. The van der Waals surface area contributed by atoms with Crippen molar-refractivity contribution in [2.75, 3.05) is 14.2 Å². The van der Waals surface area contributed by atoms with E-state index in [4.69, 9.17) is 4.74 Å². The maximum atomic E-state index is 13.5. The quantitative estimate of drug-likeness (QED) is 0.860. The molecule has 0 aliphatic carbocycles. The normalized spacial score (nSPS) is 10.3. The molecule has 0 fully saturated rings. The van der Waals surface area contributed by atoms with Gasteiger partial charge in [0.2, 0.25) is 0 Å². The molecular formula is C14H14FNO2S. The van der Waals surface area contributed by atoms with Gasteiger partial charge < -0.3 is 9.64 Å². The van der Waals surface area contributed by atoms with Gasteiger partial charge in [-0.05, 0) is 29.1 Å². The topological polar surface area (TPSA) is 29.5 Å². The molecule has 0 aliphatic heterocycles. The molecule has 1 amide bonds. The molecule has 3 nitrogen and oxygen atoms in total. The van der Waals surface area contributed by atoms with Crippen molar-refractivity contribution >= 4 is 17.2 Å². The summed E-state index contributed by atoms with van der Waals surface area (Å²) in [4.78, 5) is 13.6. The number of benzene rings is 1. The predicted molar refractivity (Wildman–Crippen MR) is 73.1 cm³/mol. The first-order valence-electron chi connectivity index (χ1n) is 5.72. The average Bonchev–Trinajstić information content (AvgIpc) is 2.92. The molecule has 0 saturated heterocycles. The Morgan fingerprint density at radius 3 is 2.79 bits per heavy atom. The molecule has 100 valence electrons. The number of halogens is 1. The Morgan fingerprint density at radius 1 is 1.42 bits per heavy atom. The van der Waals surface area contributed by atoms with E-state index in [2.05, 4.69) is 0 Å². The van der Waals surface area contributed by atoms with Gasteiger partial charge in [-0.2, -0.15) is 11.3 Å². The molecule has 1 aromatic carbocycles. The van der Waals surface area contributed by atoms with E-state index in [0.29, 0.717) is 12.1 Å². The number of amides is 1. The van der Waals surface area contributed by atoms with Gasteiger partial charge in [-0.15, -0.1) is 0 Å². The van der Waals surface area contributed by atoms with Crippen LogP contribution in [0.1, 0.15) is 15.9 Å². The molecule has 2 aromatic rings. The first kappa shape index (κ1) is 13.5. The van der Waals surface area contributed by atoms with E-state index in [1.807, 2.05) is 5.38 Å². The van der Waals surface area contributed by atoms with Crippen LogP contribution in [-0.4, -0.2) is 25.0 Å². The maximum Gasteiger partial charge on any atom is 0.254 e. The SMILES string of the molecule is COc1ccc(CN(C)C(=O)c2ccsc2)cc1F. The van der Waals surface area contributed by atoms with Crippen molar-refractivity contribution in [1.29, 1.82) is 0 Å². The van der Waals surface area contributed by atoms with Gasteiger partial charge in [0.25, 0.3) is 5.91 Å². The average molecular weight is 279 g/mol. The zero-order chi connectivity index (χ0) is 13.8. The third kappa shape index (κ3) is 3.12. The summed E-state index contributed by atoms with van der Waals surface area (Å²) in [7, 11) is 3.12. The number of methoxy groups -OCH3 is 1. The molecule has 19 heavy (non-hydrogen) atoms. The van der Waals surface area contributed by atoms with Crippen LogP contribution in [0, 0.1) is 5.82 Å². The van der Waals surface area contributed by atoms with Crippen molar-refractivity contribution in [1.82, 2.24) is 4.90 Å². The number of carbonyl (C=O) groups excluding carboxylic acids is 1. The second kappa shape index (κ2) is 5.84. The van der Waals surface area contributed by atoms with E-state index in [9.17, 15) is 9.18 Å². The van der Waals surface area contributed by atoms with Crippen LogP contribution in [0.25, 0.3) is 0 Å². The summed E-state index contributed by atoms with van der Waals surface area (Å²) in [5.74, 6) is -0.288. The molecule has 5 heteroatoms. The Bertz CT molecular complexity index is 569. The van der Waals surface area contributed by atoms with Crippen LogP contribution in [0.3, 0.4) is 0 Å². The highest BCUT2D eigenvalue weighted by Crippen LogP contribution is 2.19. The molecule has 1 aromatic heterocycles. The van der Waals surface area contributed by atoms with Crippen LogP contribution in [0.5, 0.6) is 5.75 Å². The van der Waals surface area contributed by atoms with Crippen LogP contribution >= 0.6 is 11.3 Å². The molecule has 0 spiro atoms. The van der Waals surface area contributed by atoms with Crippen molar-refractivity contribution in [3.05, 3.63) is 52.0 Å².